The van der Waals surface area contributed by atoms with Crippen LogP contribution in [0.15, 0.2) is 42.5 Å². The van der Waals surface area contributed by atoms with Gasteiger partial charge >= 0.3 is 0 Å². The van der Waals surface area contributed by atoms with Crippen LogP contribution < -0.4 is 10.2 Å². The number of hydrogen-bond donors (Lipinski definition) is 1. The number of nitrogens with zero attached hydrogens (tertiary/aromatic N) is 1. The second-order valence-electron chi connectivity index (χ2n) is 6.30. The van der Waals surface area contributed by atoms with Gasteiger partial charge in [-0.2, -0.15) is 0 Å². The summed E-state index contributed by atoms with van der Waals surface area (Å²) in [5.74, 6) is 0.705. The lowest BCUT2D eigenvalue weighted by molar-refractivity contribution is 0.322. The Hall–Kier alpha value is -1.54. The fourth-order valence-corrected chi connectivity index (χ4v) is 3.39. The van der Waals surface area contributed by atoms with E-state index in [1.165, 1.54) is 29.3 Å². The molecule has 1 fully saturated rings. The molecule has 1 N–H and O–H groups in total. The van der Waals surface area contributed by atoms with Gasteiger partial charge in [0, 0.05) is 24.8 Å². The molecule has 112 valence electrons. The maximum absolute atomic E-state index is 3.70. The molecule has 2 heteroatoms. The molecule has 0 aromatic heterocycles. The zero-order chi connectivity index (χ0) is 14.7. The summed E-state index contributed by atoms with van der Waals surface area (Å²) >= 11 is 0. The molecule has 1 saturated heterocycles. The largest absolute Gasteiger partial charge is 0.371 e. The van der Waals surface area contributed by atoms with Gasteiger partial charge in [0.25, 0.3) is 0 Å². The molecule has 2 nitrogen and oxygen atoms in total. The number of benzene rings is 2. The predicted molar refractivity (Wildman–Crippen MR) is 92.0 cm³/mol. The number of nitrogens with one attached hydrogen (secondary N) is 1. The van der Waals surface area contributed by atoms with Crippen molar-refractivity contribution in [3.8, 4) is 0 Å². The number of fused-ring (bicyclic) bond motifs is 1. The van der Waals surface area contributed by atoms with Gasteiger partial charge in [-0.3, -0.25) is 0 Å². The van der Waals surface area contributed by atoms with Crippen LogP contribution in [-0.4, -0.2) is 25.7 Å². The quantitative estimate of drug-likeness (QED) is 0.910. The van der Waals surface area contributed by atoms with Crippen LogP contribution in [0.4, 0.5) is 5.69 Å². The van der Waals surface area contributed by atoms with Crippen LogP contribution in [0.25, 0.3) is 10.8 Å². The number of rotatable bonds is 4. The van der Waals surface area contributed by atoms with Crippen molar-refractivity contribution in [2.24, 2.45) is 5.92 Å². The molecular formula is C19H26N2. The van der Waals surface area contributed by atoms with E-state index in [4.69, 9.17) is 0 Å². The predicted octanol–water partition coefficient (Wildman–Crippen LogP) is 4.05. The van der Waals surface area contributed by atoms with Gasteiger partial charge in [-0.15, -0.1) is 0 Å². The van der Waals surface area contributed by atoms with Crippen molar-refractivity contribution < 1.29 is 0 Å². The maximum Gasteiger partial charge on any atom is 0.0372 e. The molecule has 1 heterocycles. The van der Waals surface area contributed by atoms with Crippen molar-refractivity contribution in [1.29, 1.82) is 0 Å². The first kappa shape index (κ1) is 14.4. The molecule has 0 bridgehead atoms. The third-order valence-corrected chi connectivity index (χ3v) is 4.66. The first-order chi connectivity index (χ1) is 10.3. The summed E-state index contributed by atoms with van der Waals surface area (Å²) in [6, 6.07) is 16.2. The van der Waals surface area contributed by atoms with Crippen LogP contribution >= 0.6 is 0 Å². The Morgan fingerprint density at radius 2 is 1.95 bits per heavy atom. The van der Waals surface area contributed by atoms with Gasteiger partial charge in [0.1, 0.15) is 0 Å². The molecular weight excluding hydrogens is 256 g/mol. The van der Waals surface area contributed by atoms with E-state index in [1.54, 1.807) is 0 Å². The highest BCUT2D eigenvalue weighted by molar-refractivity contribution is 5.85. The van der Waals surface area contributed by atoms with Crippen LogP contribution in [0.1, 0.15) is 26.7 Å². The normalized spacial score (nSPS) is 22.7. The van der Waals surface area contributed by atoms with Crippen LogP contribution in [0.3, 0.4) is 0 Å². The van der Waals surface area contributed by atoms with E-state index in [0.717, 1.165) is 19.6 Å². The van der Waals surface area contributed by atoms with E-state index in [-0.39, 0.29) is 0 Å². The van der Waals surface area contributed by atoms with E-state index in [1.807, 2.05) is 0 Å². The van der Waals surface area contributed by atoms with Gasteiger partial charge in [0.15, 0.2) is 0 Å². The first-order valence-corrected chi connectivity index (χ1v) is 8.25. The average Bonchev–Trinajstić information content (AvgIpc) is 2.53. The number of hydrogen-bond acceptors (Lipinski definition) is 2. The lowest BCUT2D eigenvalue weighted by atomic mass is 9.93. The molecule has 2 aromatic carbocycles. The van der Waals surface area contributed by atoms with Crippen molar-refractivity contribution >= 4 is 16.5 Å². The lowest BCUT2D eigenvalue weighted by Crippen LogP contribution is -2.48. The Labute approximate surface area is 128 Å². The van der Waals surface area contributed by atoms with Crippen molar-refractivity contribution in [1.82, 2.24) is 5.32 Å². The third kappa shape index (κ3) is 3.21. The minimum absolute atomic E-state index is 0.682. The number of anilines is 1. The van der Waals surface area contributed by atoms with Crippen molar-refractivity contribution in [2.75, 3.05) is 24.5 Å². The molecule has 0 amide bonds. The summed E-state index contributed by atoms with van der Waals surface area (Å²) in [4.78, 5) is 2.54. The van der Waals surface area contributed by atoms with Crippen LogP contribution in [0, 0.1) is 5.92 Å². The fraction of sp³-hybridized carbons (Fsp3) is 0.474. The Morgan fingerprint density at radius 3 is 2.71 bits per heavy atom. The molecule has 1 aliphatic heterocycles. The van der Waals surface area contributed by atoms with E-state index >= 15 is 0 Å². The highest BCUT2D eigenvalue weighted by atomic mass is 15.2. The van der Waals surface area contributed by atoms with Gasteiger partial charge in [0.2, 0.25) is 0 Å². The van der Waals surface area contributed by atoms with Crippen molar-refractivity contribution in [3.05, 3.63) is 42.5 Å². The lowest BCUT2D eigenvalue weighted by Gasteiger charge is -2.39. The SMILES string of the molecule is CCCNC1CCN(c2ccc3ccccc3c2)CC1C. The van der Waals surface area contributed by atoms with Crippen molar-refractivity contribution in [3.63, 3.8) is 0 Å². The second kappa shape index (κ2) is 6.48. The van der Waals surface area contributed by atoms with E-state index in [2.05, 4.69) is 66.5 Å². The molecule has 2 aromatic rings. The molecule has 0 radical (unpaired) electrons. The summed E-state index contributed by atoms with van der Waals surface area (Å²) in [5.41, 5.74) is 1.37. The summed E-state index contributed by atoms with van der Waals surface area (Å²) in [5, 5.41) is 6.37. The Morgan fingerprint density at radius 1 is 1.14 bits per heavy atom. The topological polar surface area (TPSA) is 15.3 Å². The highest BCUT2D eigenvalue weighted by Gasteiger charge is 2.25. The molecule has 21 heavy (non-hydrogen) atoms. The standard InChI is InChI=1S/C19H26N2/c1-3-11-20-19-10-12-21(14-15(19)2)18-9-8-16-6-4-5-7-17(16)13-18/h4-9,13,15,19-20H,3,10-12,14H2,1-2H3. The zero-order valence-electron chi connectivity index (χ0n) is 13.2. The molecule has 3 rings (SSSR count). The summed E-state index contributed by atoms with van der Waals surface area (Å²) < 4.78 is 0. The summed E-state index contributed by atoms with van der Waals surface area (Å²) in [6.07, 6.45) is 2.46. The van der Waals surface area contributed by atoms with Crippen LogP contribution in [-0.2, 0) is 0 Å². The van der Waals surface area contributed by atoms with Crippen LogP contribution in [0.2, 0.25) is 0 Å². The van der Waals surface area contributed by atoms with E-state index < -0.39 is 0 Å². The minimum Gasteiger partial charge on any atom is -0.371 e. The second-order valence-corrected chi connectivity index (χ2v) is 6.30. The van der Waals surface area contributed by atoms with Gasteiger partial charge in [-0.25, -0.2) is 0 Å². The first-order valence-electron chi connectivity index (χ1n) is 8.25. The smallest absolute Gasteiger partial charge is 0.0372 e. The minimum atomic E-state index is 0.682. The summed E-state index contributed by atoms with van der Waals surface area (Å²) in [7, 11) is 0. The molecule has 2 atom stereocenters. The monoisotopic (exact) mass is 282 g/mol. The van der Waals surface area contributed by atoms with Crippen molar-refractivity contribution in [2.45, 2.75) is 32.7 Å². The molecule has 1 aliphatic rings. The van der Waals surface area contributed by atoms with Gasteiger partial charge < -0.3 is 10.2 Å². The van der Waals surface area contributed by atoms with Crippen LogP contribution in [0.5, 0.6) is 0 Å². The van der Waals surface area contributed by atoms with E-state index in [9.17, 15) is 0 Å². The summed E-state index contributed by atoms with van der Waals surface area (Å²) in [6.45, 7) is 8.07. The highest BCUT2D eigenvalue weighted by Crippen LogP contribution is 2.26. The maximum atomic E-state index is 3.70. The Balaban J connectivity index is 1.72. The Kier molecular flexibility index (Phi) is 4.45. The molecule has 0 spiro atoms. The average molecular weight is 282 g/mol. The zero-order valence-corrected chi connectivity index (χ0v) is 13.2. The third-order valence-electron chi connectivity index (χ3n) is 4.66. The fourth-order valence-electron chi connectivity index (χ4n) is 3.39. The molecule has 0 saturated carbocycles. The molecule has 2 unspecified atom stereocenters. The van der Waals surface area contributed by atoms with Gasteiger partial charge in [0.05, 0.1) is 0 Å². The van der Waals surface area contributed by atoms with Gasteiger partial charge in [-0.05, 0) is 48.2 Å². The number of piperidine rings is 1. The van der Waals surface area contributed by atoms with Gasteiger partial charge in [-0.1, -0.05) is 44.2 Å². The Bertz CT molecular complexity index is 593. The van der Waals surface area contributed by atoms with E-state index in [0.29, 0.717) is 12.0 Å². The molecule has 0 aliphatic carbocycles.